The highest BCUT2D eigenvalue weighted by Crippen LogP contribution is 2.34. The Morgan fingerprint density at radius 1 is 1.15 bits per heavy atom. The number of thiocarbonyl (C=S) groups is 1. The van der Waals surface area contributed by atoms with Crippen LogP contribution in [0.2, 0.25) is 0 Å². The molecule has 0 aromatic heterocycles. The molecule has 2 aromatic carbocycles. The van der Waals surface area contributed by atoms with Crippen LogP contribution in [-0.4, -0.2) is 36.6 Å². The van der Waals surface area contributed by atoms with Crippen molar-refractivity contribution in [2.24, 2.45) is 5.10 Å². The van der Waals surface area contributed by atoms with Crippen LogP contribution in [0.15, 0.2) is 52.5 Å². The van der Waals surface area contributed by atoms with Gasteiger partial charge in [-0.1, -0.05) is 30.0 Å². The van der Waals surface area contributed by atoms with Crippen molar-refractivity contribution in [3.8, 4) is 11.5 Å². The first kappa shape index (κ1) is 18.5. The number of aromatic hydroxyl groups is 2. The molecule has 0 radical (unpaired) electrons. The number of benzene rings is 2. The minimum atomic E-state index is -0.606. The van der Waals surface area contributed by atoms with E-state index < -0.39 is 10.8 Å². The zero-order valence-electron chi connectivity index (χ0n) is 13.5. The Morgan fingerprint density at radius 3 is 2.56 bits per heavy atom. The highest BCUT2D eigenvalue weighted by Gasteiger charge is 2.32. The summed E-state index contributed by atoms with van der Waals surface area (Å²) in [5.74, 6) is -0.707. The van der Waals surface area contributed by atoms with Crippen LogP contribution in [0, 0.1) is 10.1 Å². The Labute approximate surface area is 162 Å². The summed E-state index contributed by atoms with van der Waals surface area (Å²) in [7, 11) is 0. The molecule has 10 heteroatoms. The van der Waals surface area contributed by atoms with Gasteiger partial charge in [-0.05, 0) is 30.4 Å². The largest absolute Gasteiger partial charge is 0.507 e. The Hall–Kier alpha value is -3.24. The third-order valence-corrected chi connectivity index (χ3v) is 4.81. The molecule has 1 aliphatic rings. The number of non-ortho nitro benzene ring substituents is 1. The van der Waals surface area contributed by atoms with Gasteiger partial charge >= 0.3 is 0 Å². The van der Waals surface area contributed by atoms with E-state index in [1.807, 2.05) is 0 Å². The molecule has 1 aliphatic heterocycles. The van der Waals surface area contributed by atoms with Crippen LogP contribution in [0.25, 0.3) is 6.08 Å². The molecule has 2 aromatic rings. The molecule has 0 bridgehead atoms. The second kappa shape index (κ2) is 7.56. The Morgan fingerprint density at radius 2 is 1.85 bits per heavy atom. The second-order valence-corrected chi connectivity index (χ2v) is 6.97. The molecule has 2 N–H and O–H groups in total. The first-order valence-electron chi connectivity index (χ1n) is 7.44. The number of nitro groups is 1. The third kappa shape index (κ3) is 3.96. The molecule has 8 nitrogen and oxygen atoms in total. The molecular weight excluding hydrogens is 390 g/mol. The van der Waals surface area contributed by atoms with Gasteiger partial charge in [0.2, 0.25) is 0 Å². The molecule has 0 saturated carbocycles. The van der Waals surface area contributed by atoms with Gasteiger partial charge in [0.05, 0.1) is 16.0 Å². The molecule has 0 atom stereocenters. The van der Waals surface area contributed by atoms with E-state index in [0.29, 0.717) is 5.56 Å². The molecule has 136 valence electrons. The fourth-order valence-electron chi connectivity index (χ4n) is 2.19. The van der Waals surface area contributed by atoms with E-state index in [2.05, 4.69) is 5.10 Å². The molecule has 0 spiro atoms. The van der Waals surface area contributed by atoms with E-state index in [4.69, 9.17) is 12.2 Å². The first-order chi connectivity index (χ1) is 12.9. The van der Waals surface area contributed by atoms with Crippen LogP contribution in [0.3, 0.4) is 0 Å². The fraction of sp³-hybridized carbons (Fsp3) is 0. The van der Waals surface area contributed by atoms with Gasteiger partial charge in [-0.3, -0.25) is 14.9 Å². The van der Waals surface area contributed by atoms with Crippen LogP contribution in [0.5, 0.6) is 11.5 Å². The molecule has 1 heterocycles. The maximum atomic E-state index is 12.5. The van der Waals surface area contributed by atoms with E-state index in [0.717, 1.165) is 35.1 Å². The molecule has 1 saturated heterocycles. The minimum absolute atomic E-state index is 0.0211. The third-order valence-electron chi connectivity index (χ3n) is 3.53. The lowest BCUT2D eigenvalue weighted by molar-refractivity contribution is -0.384. The highest BCUT2D eigenvalue weighted by molar-refractivity contribution is 8.26. The monoisotopic (exact) mass is 401 g/mol. The van der Waals surface area contributed by atoms with Crippen molar-refractivity contribution < 1.29 is 19.9 Å². The quantitative estimate of drug-likeness (QED) is 0.266. The predicted molar refractivity (Wildman–Crippen MR) is 105 cm³/mol. The Kier molecular flexibility index (Phi) is 5.19. The molecule has 1 fully saturated rings. The average molecular weight is 401 g/mol. The lowest BCUT2D eigenvalue weighted by Crippen LogP contribution is -2.22. The van der Waals surface area contributed by atoms with Gasteiger partial charge in [-0.2, -0.15) is 10.1 Å². The number of amides is 1. The number of rotatable bonds is 4. The fourth-order valence-corrected chi connectivity index (χ4v) is 3.35. The van der Waals surface area contributed by atoms with Crippen molar-refractivity contribution >= 4 is 52.2 Å². The summed E-state index contributed by atoms with van der Waals surface area (Å²) in [5, 5.41) is 35.3. The summed E-state index contributed by atoms with van der Waals surface area (Å²) in [5.41, 5.74) is 0.306. The van der Waals surface area contributed by atoms with Crippen molar-refractivity contribution in [1.82, 2.24) is 5.01 Å². The summed E-state index contributed by atoms with van der Waals surface area (Å²) in [6.45, 7) is 0. The van der Waals surface area contributed by atoms with Crippen molar-refractivity contribution in [2.75, 3.05) is 0 Å². The lowest BCUT2D eigenvalue weighted by Gasteiger charge is -2.06. The zero-order valence-corrected chi connectivity index (χ0v) is 15.1. The Bertz CT molecular complexity index is 1020. The number of hydrazone groups is 1. The van der Waals surface area contributed by atoms with Gasteiger partial charge in [0.1, 0.15) is 11.5 Å². The highest BCUT2D eigenvalue weighted by atomic mass is 32.2. The number of hydrogen-bond donors (Lipinski definition) is 2. The maximum absolute atomic E-state index is 12.5. The summed E-state index contributed by atoms with van der Waals surface area (Å²) in [6.07, 6.45) is 2.62. The number of phenols is 2. The number of carbonyl (C=O) groups excluding carboxylic acids is 1. The van der Waals surface area contributed by atoms with Crippen molar-refractivity contribution in [3.05, 3.63) is 68.6 Å². The van der Waals surface area contributed by atoms with Crippen LogP contribution in [0.4, 0.5) is 5.69 Å². The molecule has 27 heavy (non-hydrogen) atoms. The summed E-state index contributed by atoms with van der Waals surface area (Å²) >= 11 is 6.15. The number of phenolic OH excluding ortho intramolecular Hbond substituents is 2. The van der Waals surface area contributed by atoms with E-state index in [-0.39, 0.29) is 32.0 Å². The van der Waals surface area contributed by atoms with E-state index in [1.165, 1.54) is 18.2 Å². The lowest BCUT2D eigenvalue weighted by atomic mass is 10.2. The standard InChI is InChI=1S/C17H11N3O5S2/c21-13-4-2-1-3-10(13)8-15-16(23)19(17(26)27-15)18-9-11-7-12(20(24)25)5-6-14(11)22/h1-9,21-22H. The Balaban J connectivity index is 1.86. The predicted octanol–water partition coefficient (Wildman–Crippen LogP) is 3.24. The summed E-state index contributed by atoms with van der Waals surface area (Å²) in [6, 6.07) is 9.98. The van der Waals surface area contributed by atoms with E-state index in [9.17, 15) is 25.1 Å². The number of nitrogens with zero attached hydrogens (tertiary/aromatic N) is 3. The van der Waals surface area contributed by atoms with Crippen LogP contribution < -0.4 is 0 Å². The molecule has 0 unspecified atom stereocenters. The normalized spacial score (nSPS) is 15.9. The molecule has 0 aliphatic carbocycles. The van der Waals surface area contributed by atoms with Crippen LogP contribution in [0.1, 0.15) is 11.1 Å². The zero-order chi connectivity index (χ0) is 19.6. The van der Waals surface area contributed by atoms with E-state index >= 15 is 0 Å². The van der Waals surface area contributed by atoms with Gasteiger partial charge in [-0.15, -0.1) is 0 Å². The van der Waals surface area contributed by atoms with Gasteiger partial charge in [0.25, 0.3) is 11.6 Å². The number of carbonyl (C=O) groups is 1. The number of hydrogen-bond acceptors (Lipinski definition) is 8. The van der Waals surface area contributed by atoms with Crippen LogP contribution >= 0.6 is 24.0 Å². The van der Waals surface area contributed by atoms with Gasteiger partial charge in [0, 0.05) is 23.3 Å². The van der Waals surface area contributed by atoms with Gasteiger partial charge in [-0.25, -0.2) is 0 Å². The van der Waals surface area contributed by atoms with Crippen molar-refractivity contribution in [1.29, 1.82) is 0 Å². The summed E-state index contributed by atoms with van der Waals surface area (Å²) < 4.78 is 0.155. The first-order valence-corrected chi connectivity index (χ1v) is 8.66. The molecule has 3 rings (SSSR count). The van der Waals surface area contributed by atoms with Crippen molar-refractivity contribution in [3.63, 3.8) is 0 Å². The second-order valence-electron chi connectivity index (χ2n) is 5.30. The van der Waals surface area contributed by atoms with Crippen LogP contribution in [-0.2, 0) is 4.79 Å². The number of para-hydroxylation sites is 1. The molecular formula is C17H11N3O5S2. The summed E-state index contributed by atoms with van der Waals surface area (Å²) in [4.78, 5) is 23.0. The topological polar surface area (TPSA) is 116 Å². The smallest absolute Gasteiger partial charge is 0.286 e. The van der Waals surface area contributed by atoms with Gasteiger partial charge in [0.15, 0.2) is 4.32 Å². The average Bonchev–Trinajstić information content (AvgIpc) is 2.89. The van der Waals surface area contributed by atoms with Crippen molar-refractivity contribution in [2.45, 2.75) is 0 Å². The number of nitro benzene ring substituents is 1. The minimum Gasteiger partial charge on any atom is -0.507 e. The van der Waals surface area contributed by atoms with Gasteiger partial charge < -0.3 is 10.2 Å². The SMILES string of the molecule is O=C1C(=Cc2ccccc2O)SC(=S)N1N=Cc1cc([N+](=O)[O-])ccc1O. The maximum Gasteiger partial charge on any atom is 0.286 e. The molecule has 1 amide bonds. The van der Waals surface area contributed by atoms with E-state index in [1.54, 1.807) is 18.2 Å². The number of thioether (sulfide) groups is 1.